The van der Waals surface area contributed by atoms with Crippen molar-refractivity contribution in [3.05, 3.63) is 101 Å². The van der Waals surface area contributed by atoms with E-state index in [2.05, 4.69) is 20.3 Å². The average Bonchev–Trinajstić information content (AvgIpc) is 3.21. The number of ketones is 1. The van der Waals surface area contributed by atoms with Gasteiger partial charge < -0.3 is 29.0 Å². The first-order valence-corrected chi connectivity index (χ1v) is 19.6. The Kier molecular flexibility index (Phi) is 18.1. The summed E-state index contributed by atoms with van der Waals surface area (Å²) in [6.45, 7) is 9.36. The number of aryl methyl sites for hydroxylation is 1. The van der Waals surface area contributed by atoms with Crippen LogP contribution in [0.2, 0.25) is 0 Å². The van der Waals surface area contributed by atoms with Gasteiger partial charge in [0.1, 0.15) is 23.8 Å². The van der Waals surface area contributed by atoms with E-state index < -0.39 is 23.6 Å². The third-order valence-corrected chi connectivity index (χ3v) is 9.01. The van der Waals surface area contributed by atoms with Crippen molar-refractivity contribution in [1.29, 1.82) is 0 Å². The molecule has 15 nitrogen and oxygen atoms in total. The van der Waals surface area contributed by atoms with Crippen molar-refractivity contribution in [2.45, 2.75) is 64.9 Å². The molecule has 0 saturated heterocycles. The van der Waals surface area contributed by atoms with Gasteiger partial charge >= 0.3 is 12.1 Å². The molecular weight excluding hydrogens is 757 g/mol. The summed E-state index contributed by atoms with van der Waals surface area (Å²) >= 11 is 0. The first-order valence-electron chi connectivity index (χ1n) is 19.6. The number of ether oxygens (including phenoxy) is 5. The predicted molar refractivity (Wildman–Crippen MR) is 224 cm³/mol. The number of nitrogens with zero attached hydrogens (tertiary/aromatic N) is 5. The molecule has 0 radical (unpaired) electrons. The monoisotopic (exact) mass is 810 g/mol. The van der Waals surface area contributed by atoms with Gasteiger partial charge in [-0.2, -0.15) is 0 Å². The molecule has 15 heteroatoms. The maximum absolute atomic E-state index is 13.2. The van der Waals surface area contributed by atoms with Crippen molar-refractivity contribution in [3.63, 3.8) is 0 Å². The summed E-state index contributed by atoms with van der Waals surface area (Å²) in [6, 6.07) is 23.2. The number of carbonyl (C=O) groups excluding carboxylic acids is 4. The van der Waals surface area contributed by atoms with Gasteiger partial charge in [-0.1, -0.05) is 59.7 Å². The molecule has 59 heavy (non-hydrogen) atoms. The van der Waals surface area contributed by atoms with Crippen LogP contribution in [-0.2, 0) is 33.3 Å². The van der Waals surface area contributed by atoms with Crippen molar-refractivity contribution in [1.82, 2.24) is 10.3 Å². The first kappa shape index (κ1) is 45.7. The fourth-order valence-corrected chi connectivity index (χ4v) is 6.17. The second-order valence-electron chi connectivity index (χ2n) is 14.7. The van der Waals surface area contributed by atoms with Crippen molar-refractivity contribution in [2.24, 2.45) is 5.11 Å². The van der Waals surface area contributed by atoms with Gasteiger partial charge in [-0.25, -0.2) is 9.78 Å². The van der Waals surface area contributed by atoms with Crippen LogP contribution >= 0.6 is 0 Å². The molecule has 1 N–H and O–H groups in total. The van der Waals surface area contributed by atoms with Crippen LogP contribution in [0.5, 0.6) is 5.75 Å². The molecule has 1 heterocycles. The van der Waals surface area contributed by atoms with E-state index in [4.69, 9.17) is 29.2 Å². The zero-order valence-corrected chi connectivity index (χ0v) is 34.5. The Bertz CT molecular complexity index is 2060. The van der Waals surface area contributed by atoms with Crippen LogP contribution in [0.4, 0.5) is 10.6 Å². The molecule has 1 aromatic heterocycles. The molecule has 0 aliphatic carbocycles. The molecule has 4 aromatic rings. The molecule has 0 bridgehead atoms. The van der Waals surface area contributed by atoms with Crippen LogP contribution in [0.15, 0.2) is 84.1 Å². The van der Waals surface area contributed by atoms with Crippen molar-refractivity contribution in [3.8, 4) is 16.9 Å². The number of aromatic nitrogens is 1. The Labute approximate surface area is 344 Å². The highest BCUT2D eigenvalue weighted by molar-refractivity contribution is 6.00. The molecule has 0 saturated carbocycles. The number of benzene rings is 3. The lowest BCUT2D eigenvalue weighted by molar-refractivity contribution is -0.141. The van der Waals surface area contributed by atoms with E-state index in [0.29, 0.717) is 45.3 Å². The largest absolute Gasteiger partial charge is 0.491 e. The van der Waals surface area contributed by atoms with Gasteiger partial charge in [0.25, 0.3) is 0 Å². The molecule has 314 valence electrons. The highest BCUT2D eigenvalue weighted by atomic mass is 16.6. The number of azide groups is 1. The summed E-state index contributed by atoms with van der Waals surface area (Å²) in [5, 5.41) is 8.04. The van der Waals surface area contributed by atoms with Crippen LogP contribution in [0, 0.1) is 6.92 Å². The second-order valence-corrected chi connectivity index (χ2v) is 14.7. The van der Waals surface area contributed by atoms with Crippen LogP contribution in [0.25, 0.3) is 32.3 Å². The summed E-state index contributed by atoms with van der Waals surface area (Å²) < 4.78 is 27.5. The normalized spacial score (nSPS) is 11.6. The number of methoxy groups -OCH3 is 1. The fraction of sp³-hybridized carbons (Fsp3) is 0.432. The lowest BCUT2D eigenvalue weighted by Gasteiger charge is -2.27. The lowest BCUT2D eigenvalue weighted by Crippen LogP contribution is -2.38. The van der Waals surface area contributed by atoms with Gasteiger partial charge in [-0.05, 0) is 85.5 Å². The van der Waals surface area contributed by atoms with E-state index in [-0.39, 0.29) is 50.6 Å². The van der Waals surface area contributed by atoms with E-state index in [0.717, 1.165) is 38.8 Å². The van der Waals surface area contributed by atoms with Crippen LogP contribution in [0.3, 0.4) is 0 Å². The summed E-state index contributed by atoms with van der Waals surface area (Å²) in [7, 11) is 1.31. The number of carbonyl (C=O) groups is 4. The molecule has 0 fully saturated rings. The van der Waals surface area contributed by atoms with E-state index in [1.165, 1.54) is 12.0 Å². The quantitative estimate of drug-likeness (QED) is 0.0253. The van der Waals surface area contributed by atoms with Gasteiger partial charge in [0.15, 0.2) is 5.78 Å². The lowest BCUT2D eigenvalue weighted by atomic mass is 9.89. The number of Topliss-reactive ketones (excluding diaryl/α,β-unsaturated/α-hetero) is 1. The van der Waals surface area contributed by atoms with E-state index in [1.807, 2.05) is 73.7 Å². The highest BCUT2D eigenvalue weighted by Gasteiger charge is 2.25. The number of pyridine rings is 1. The Hall–Kier alpha value is -6.02. The number of rotatable bonds is 23. The van der Waals surface area contributed by atoms with Gasteiger partial charge in [0.05, 0.1) is 46.5 Å². The van der Waals surface area contributed by atoms with Gasteiger partial charge in [-0.15, -0.1) is 0 Å². The van der Waals surface area contributed by atoms with Crippen molar-refractivity contribution in [2.75, 3.05) is 64.7 Å². The molecule has 3 aromatic carbocycles. The van der Waals surface area contributed by atoms with Crippen LogP contribution in [0.1, 0.15) is 63.5 Å². The van der Waals surface area contributed by atoms with Gasteiger partial charge in [0, 0.05) is 48.3 Å². The van der Waals surface area contributed by atoms with Gasteiger partial charge in [0.2, 0.25) is 5.91 Å². The zero-order valence-electron chi connectivity index (χ0n) is 34.5. The number of hydrogen-bond acceptors (Lipinski definition) is 11. The van der Waals surface area contributed by atoms with Crippen LogP contribution in [-0.4, -0.2) is 94.1 Å². The maximum Gasteiger partial charge on any atom is 0.416 e. The first-order chi connectivity index (χ1) is 28.4. The Morgan fingerprint density at radius 1 is 0.898 bits per heavy atom. The molecular formula is C44H54N6O9. The molecule has 0 unspecified atom stereocenters. The summed E-state index contributed by atoms with van der Waals surface area (Å²) in [4.78, 5) is 59.8. The number of amides is 2. The Morgan fingerprint density at radius 2 is 1.61 bits per heavy atom. The molecule has 0 spiro atoms. The summed E-state index contributed by atoms with van der Waals surface area (Å²) in [5.74, 6) is -0.346. The van der Waals surface area contributed by atoms with Crippen molar-refractivity contribution >= 4 is 40.3 Å². The molecule has 4 rings (SSSR count). The Balaban J connectivity index is 1.33. The average molecular weight is 811 g/mol. The Morgan fingerprint density at radius 3 is 2.31 bits per heavy atom. The fourth-order valence-electron chi connectivity index (χ4n) is 6.17. The molecule has 0 aliphatic rings. The minimum absolute atomic E-state index is 0.00778. The zero-order chi connectivity index (χ0) is 42.6. The topological polar surface area (TPSA) is 191 Å². The van der Waals surface area contributed by atoms with E-state index in [1.54, 1.807) is 33.0 Å². The number of hydrogen-bond donors (Lipinski definition) is 1. The maximum atomic E-state index is 13.2. The minimum atomic E-state index is -0.713. The standard InChI is InChI=1S/C44H54N6O9/c1-31-18-19-46-40(27-31)50(43(54)59-44(2,3)4)21-8-11-41(52)47-30-35(51)28-34(29-42(53)55-5)32-12-14-33(15-13-32)36-16-17-39(38-10-7-6-9-37(36)38)58-26-25-57-24-23-56-22-20-48-49-45/h6-7,9-10,12-19,27,34H,8,11,20-26,28-30H2,1-5H3,(H,47,52)/t34-/m1/s1. The summed E-state index contributed by atoms with van der Waals surface area (Å²) in [5.41, 5.74) is 11.2. The molecule has 0 aliphatic heterocycles. The third kappa shape index (κ3) is 15.3. The molecule has 1 atom stereocenters. The second kappa shape index (κ2) is 23.4. The third-order valence-electron chi connectivity index (χ3n) is 9.01. The molecule has 2 amide bonds. The van der Waals surface area contributed by atoms with E-state index in [9.17, 15) is 19.2 Å². The number of anilines is 1. The summed E-state index contributed by atoms with van der Waals surface area (Å²) in [6.07, 6.45) is 1.44. The van der Waals surface area contributed by atoms with Crippen molar-refractivity contribution < 1.29 is 42.9 Å². The number of esters is 1. The van der Waals surface area contributed by atoms with Crippen LogP contribution < -0.4 is 15.0 Å². The number of fused-ring (bicyclic) bond motifs is 1. The minimum Gasteiger partial charge on any atom is -0.491 e. The highest BCUT2D eigenvalue weighted by Crippen LogP contribution is 2.36. The SMILES string of the molecule is COC(=O)C[C@@H](CC(=O)CNC(=O)CCCN(C(=O)OC(C)(C)C)c1cc(C)ccn1)c1ccc(-c2ccc(OCCOCCOCCN=[N+]=[N-])c3ccccc23)cc1. The van der Waals surface area contributed by atoms with E-state index >= 15 is 0 Å². The smallest absolute Gasteiger partial charge is 0.416 e. The van der Waals surface area contributed by atoms with Gasteiger partial charge in [-0.3, -0.25) is 19.3 Å². The number of nitrogens with one attached hydrogen (secondary N) is 1. The predicted octanol–water partition coefficient (Wildman–Crippen LogP) is 7.88.